The van der Waals surface area contributed by atoms with Crippen molar-refractivity contribution in [2.75, 3.05) is 7.11 Å². The number of rotatable bonds is 6. The van der Waals surface area contributed by atoms with E-state index in [1.54, 1.807) is 23.6 Å². The number of hydrogen-bond donors (Lipinski definition) is 0. The van der Waals surface area contributed by atoms with E-state index in [-0.39, 0.29) is 23.3 Å². The van der Waals surface area contributed by atoms with Gasteiger partial charge in [0.05, 0.1) is 18.9 Å². The molecule has 0 saturated carbocycles. The summed E-state index contributed by atoms with van der Waals surface area (Å²) in [6.45, 7) is 0. The zero-order valence-electron chi connectivity index (χ0n) is 17.0. The molecular formula is C23H15F3O6S. The van der Waals surface area contributed by atoms with Gasteiger partial charge in [0.15, 0.2) is 0 Å². The summed E-state index contributed by atoms with van der Waals surface area (Å²) < 4.78 is 61.6. The fraction of sp³-hybridized carbons (Fsp3) is 0.130. The molecular weight excluding hydrogens is 461 g/mol. The van der Waals surface area contributed by atoms with Crippen LogP contribution < -0.4 is 19.6 Å². The maximum Gasteiger partial charge on any atom is 0.453 e. The van der Waals surface area contributed by atoms with Gasteiger partial charge in [-0.05, 0) is 35.7 Å². The van der Waals surface area contributed by atoms with E-state index < -0.39 is 34.7 Å². The van der Waals surface area contributed by atoms with Crippen molar-refractivity contribution in [1.82, 2.24) is 0 Å². The lowest BCUT2D eigenvalue weighted by Gasteiger charge is -2.14. The van der Waals surface area contributed by atoms with Crippen LogP contribution in [0.15, 0.2) is 69.2 Å². The first-order valence-corrected chi connectivity index (χ1v) is 10.4. The van der Waals surface area contributed by atoms with Crippen LogP contribution in [0.4, 0.5) is 13.2 Å². The molecule has 2 heterocycles. The molecule has 4 aromatic rings. The highest BCUT2D eigenvalue weighted by Crippen LogP contribution is 2.39. The van der Waals surface area contributed by atoms with Crippen molar-refractivity contribution in [2.45, 2.75) is 12.6 Å². The smallest absolute Gasteiger partial charge is 0.453 e. The molecule has 170 valence electrons. The summed E-state index contributed by atoms with van der Waals surface area (Å²) in [5, 5.41) is 1.64. The molecule has 0 unspecified atom stereocenters. The van der Waals surface area contributed by atoms with Gasteiger partial charge in [-0.2, -0.15) is 13.2 Å². The number of esters is 1. The second-order valence-corrected chi connectivity index (χ2v) is 7.79. The first-order valence-electron chi connectivity index (χ1n) is 9.47. The quantitative estimate of drug-likeness (QED) is 0.258. The third kappa shape index (κ3) is 5.01. The van der Waals surface area contributed by atoms with E-state index in [1.165, 1.54) is 48.8 Å². The Bertz CT molecular complexity index is 1360. The van der Waals surface area contributed by atoms with E-state index >= 15 is 0 Å². The zero-order chi connectivity index (χ0) is 23.6. The Morgan fingerprint density at radius 2 is 1.82 bits per heavy atom. The molecule has 0 amide bonds. The minimum Gasteiger partial charge on any atom is -0.497 e. The number of benzene rings is 2. The highest BCUT2D eigenvalue weighted by atomic mass is 32.1. The minimum atomic E-state index is -5.02. The highest BCUT2D eigenvalue weighted by Gasteiger charge is 2.40. The lowest BCUT2D eigenvalue weighted by Crippen LogP contribution is -2.16. The summed E-state index contributed by atoms with van der Waals surface area (Å²) in [7, 11) is 1.38. The number of hydrogen-bond acceptors (Lipinski definition) is 7. The molecule has 0 spiro atoms. The van der Waals surface area contributed by atoms with Gasteiger partial charge in [-0.15, -0.1) is 11.3 Å². The topological polar surface area (TPSA) is 75.0 Å². The predicted molar refractivity (Wildman–Crippen MR) is 114 cm³/mol. The van der Waals surface area contributed by atoms with Gasteiger partial charge in [-0.25, -0.2) is 0 Å². The number of alkyl halides is 3. The van der Waals surface area contributed by atoms with Crippen molar-refractivity contribution >= 4 is 28.3 Å². The lowest BCUT2D eigenvalue weighted by atomic mass is 10.2. The predicted octanol–water partition coefficient (Wildman–Crippen LogP) is 5.82. The molecule has 0 aliphatic heterocycles. The second kappa shape index (κ2) is 8.99. The molecule has 10 heteroatoms. The molecule has 0 fully saturated rings. The van der Waals surface area contributed by atoms with Gasteiger partial charge >= 0.3 is 12.1 Å². The maximum absolute atomic E-state index is 13.7. The Morgan fingerprint density at radius 3 is 2.52 bits per heavy atom. The molecule has 0 saturated heterocycles. The molecule has 0 aliphatic carbocycles. The van der Waals surface area contributed by atoms with Crippen molar-refractivity contribution in [2.24, 2.45) is 0 Å². The lowest BCUT2D eigenvalue weighted by molar-refractivity contribution is -0.154. The van der Waals surface area contributed by atoms with Crippen LogP contribution in [0.3, 0.4) is 0 Å². The largest absolute Gasteiger partial charge is 0.497 e. The number of ether oxygens (including phenoxy) is 3. The van der Waals surface area contributed by atoms with Crippen molar-refractivity contribution in [3.05, 3.63) is 80.8 Å². The van der Waals surface area contributed by atoms with Crippen molar-refractivity contribution in [3.8, 4) is 23.0 Å². The van der Waals surface area contributed by atoms with Gasteiger partial charge in [-0.1, -0.05) is 12.1 Å². The van der Waals surface area contributed by atoms with Crippen molar-refractivity contribution < 1.29 is 36.6 Å². The molecule has 6 nitrogen and oxygen atoms in total. The zero-order valence-corrected chi connectivity index (χ0v) is 17.8. The van der Waals surface area contributed by atoms with Crippen molar-refractivity contribution in [3.63, 3.8) is 0 Å². The average molecular weight is 476 g/mol. The number of methoxy groups -OCH3 is 1. The Morgan fingerprint density at radius 1 is 1.03 bits per heavy atom. The summed E-state index contributed by atoms with van der Waals surface area (Å²) in [6.07, 6.45) is -5.02. The number of fused-ring (bicyclic) bond motifs is 1. The van der Waals surface area contributed by atoms with Gasteiger partial charge in [-0.3, -0.25) is 9.59 Å². The molecule has 0 bridgehead atoms. The van der Waals surface area contributed by atoms with Crippen LogP contribution in [0, 0.1) is 0 Å². The monoisotopic (exact) mass is 476 g/mol. The Balaban J connectivity index is 1.71. The SMILES string of the molecule is COc1cccc(Oc2c(C(F)(F)F)oc3cc(OC(=O)Cc4cccs4)ccc3c2=O)c1. The average Bonchev–Trinajstić information content (AvgIpc) is 3.27. The van der Waals surface area contributed by atoms with Gasteiger partial charge in [0.25, 0.3) is 5.76 Å². The minimum absolute atomic E-state index is 0.000763. The number of halogens is 3. The first kappa shape index (κ1) is 22.4. The third-order valence-corrected chi connectivity index (χ3v) is 5.35. The van der Waals surface area contributed by atoms with E-state index in [1.807, 2.05) is 0 Å². The second-order valence-electron chi connectivity index (χ2n) is 6.76. The summed E-state index contributed by atoms with van der Waals surface area (Å²) in [4.78, 5) is 25.7. The molecule has 0 radical (unpaired) electrons. The molecule has 33 heavy (non-hydrogen) atoms. The Hall–Kier alpha value is -3.79. The number of carbonyl (C=O) groups is 1. The number of thiophene rings is 1. The molecule has 2 aromatic heterocycles. The van der Waals surface area contributed by atoms with Crippen LogP contribution in [0.1, 0.15) is 10.6 Å². The van der Waals surface area contributed by atoms with E-state index in [0.29, 0.717) is 5.75 Å². The fourth-order valence-corrected chi connectivity index (χ4v) is 3.69. The fourth-order valence-electron chi connectivity index (χ4n) is 3.00. The van der Waals surface area contributed by atoms with E-state index in [4.69, 9.17) is 18.6 Å². The molecule has 0 N–H and O–H groups in total. The third-order valence-electron chi connectivity index (χ3n) is 4.47. The van der Waals surface area contributed by atoms with Crippen LogP contribution >= 0.6 is 11.3 Å². The molecule has 0 aliphatic rings. The van der Waals surface area contributed by atoms with Gasteiger partial charge in [0.2, 0.25) is 11.2 Å². The number of carbonyl (C=O) groups excluding carboxylic acids is 1. The summed E-state index contributed by atoms with van der Waals surface area (Å²) in [5.41, 5.74) is -1.42. The molecule has 4 rings (SSSR count). The first-order chi connectivity index (χ1) is 15.7. The highest BCUT2D eigenvalue weighted by molar-refractivity contribution is 7.10. The van der Waals surface area contributed by atoms with Crippen LogP contribution in [0.2, 0.25) is 0 Å². The summed E-state index contributed by atoms with van der Waals surface area (Å²) in [6, 6.07) is 12.9. The van der Waals surface area contributed by atoms with Crippen molar-refractivity contribution in [1.29, 1.82) is 0 Å². The Labute approximate surface area is 188 Å². The van der Waals surface area contributed by atoms with Crippen LogP contribution in [-0.4, -0.2) is 13.1 Å². The van der Waals surface area contributed by atoms with Crippen LogP contribution in [0.5, 0.6) is 23.0 Å². The van der Waals surface area contributed by atoms with Gasteiger partial charge in [0, 0.05) is 17.0 Å². The van der Waals surface area contributed by atoms with Crippen LogP contribution in [0.25, 0.3) is 11.0 Å². The van der Waals surface area contributed by atoms with E-state index in [9.17, 15) is 22.8 Å². The summed E-state index contributed by atoms with van der Waals surface area (Å²) >= 11 is 1.37. The van der Waals surface area contributed by atoms with Crippen LogP contribution in [-0.2, 0) is 17.4 Å². The Kier molecular flexibility index (Phi) is 6.10. The van der Waals surface area contributed by atoms with Gasteiger partial charge < -0.3 is 18.6 Å². The van der Waals surface area contributed by atoms with E-state index in [0.717, 1.165) is 10.9 Å². The summed E-state index contributed by atoms with van der Waals surface area (Å²) in [5.74, 6) is -2.98. The van der Waals surface area contributed by atoms with Gasteiger partial charge in [0.1, 0.15) is 22.8 Å². The molecule has 0 atom stereocenters. The maximum atomic E-state index is 13.7. The van der Waals surface area contributed by atoms with E-state index in [2.05, 4.69) is 0 Å². The molecule has 2 aromatic carbocycles. The normalized spacial score (nSPS) is 11.4. The standard InChI is InChI=1S/C23H15F3O6S/c1-29-13-4-2-5-14(10-13)31-21-20(28)17-8-7-15(11-18(17)32-22(21)23(24,25)26)30-19(27)12-16-6-3-9-33-16/h2-11H,12H2,1H3.